The summed E-state index contributed by atoms with van der Waals surface area (Å²) in [5.41, 5.74) is 0. The number of furan rings is 1. The van der Waals surface area contributed by atoms with Crippen molar-refractivity contribution in [3.05, 3.63) is 23.7 Å². The van der Waals surface area contributed by atoms with E-state index in [1.54, 1.807) is 11.0 Å². The third-order valence-corrected chi connectivity index (χ3v) is 3.74. The van der Waals surface area contributed by atoms with Crippen molar-refractivity contribution in [2.45, 2.75) is 45.1 Å². The number of hydrogen-bond donors (Lipinski definition) is 0. The molecule has 1 aliphatic rings. The molecule has 1 aromatic rings. The lowest BCUT2D eigenvalue weighted by Gasteiger charge is -2.34. The molecule has 20 heavy (non-hydrogen) atoms. The van der Waals surface area contributed by atoms with Crippen molar-refractivity contribution in [1.82, 2.24) is 4.90 Å². The molecule has 1 fully saturated rings. The molecule has 1 saturated heterocycles. The molecule has 1 unspecified atom stereocenters. The summed E-state index contributed by atoms with van der Waals surface area (Å²) in [5, 5.41) is 0. The van der Waals surface area contributed by atoms with Crippen LogP contribution in [-0.2, 0) is 16.0 Å². The number of hydrogen-bond acceptors (Lipinski definition) is 4. The zero-order valence-corrected chi connectivity index (χ0v) is 12.1. The topological polar surface area (TPSA) is 59.8 Å². The number of rotatable bonds is 4. The second-order valence-corrected chi connectivity index (χ2v) is 5.05. The number of esters is 1. The average molecular weight is 279 g/mol. The zero-order valence-electron chi connectivity index (χ0n) is 12.1. The van der Waals surface area contributed by atoms with E-state index in [-0.39, 0.29) is 24.3 Å². The molecular weight excluding hydrogens is 258 g/mol. The summed E-state index contributed by atoms with van der Waals surface area (Å²) in [6.07, 6.45) is 3.85. The largest absolute Gasteiger partial charge is 0.469 e. The van der Waals surface area contributed by atoms with Gasteiger partial charge in [-0.2, -0.15) is 0 Å². The first-order valence-corrected chi connectivity index (χ1v) is 7.12. The summed E-state index contributed by atoms with van der Waals surface area (Å²) >= 11 is 0. The number of piperidine rings is 1. The Balaban J connectivity index is 2.10. The number of aryl methyl sites for hydroxylation is 1. The van der Waals surface area contributed by atoms with Gasteiger partial charge in [-0.25, -0.2) is 0 Å². The van der Waals surface area contributed by atoms with Gasteiger partial charge in [-0.15, -0.1) is 0 Å². The van der Waals surface area contributed by atoms with Crippen LogP contribution in [0.2, 0.25) is 0 Å². The minimum atomic E-state index is -0.275. The molecule has 1 atom stereocenters. The lowest BCUT2D eigenvalue weighted by molar-refractivity contribution is -0.142. The average Bonchev–Trinajstić information content (AvgIpc) is 2.96. The molecule has 110 valence electrons. The molecule has 5 nitrogen and oxygen atoms in total. The minimum Gasteiger partial charge on any atom is -0.469 e. The maximum absolute atomic E-state index is 12.5. The van der Waals surface area contributed by atoms with Crippen molar-refractivity contribution >= 4 is 11.9 Å². The van der Waals surface area contributed by atoms with Crippen LogP contribution in [0.5, 0.6) is 0 Å². The van der Waals surface area contributed by atoms with Crippen molar-refractivity contribution in [1.29, 1.82) is 0 Å². The van der Waals surface area contributed by atoms with Gasteiger partial charge in [0.25, 0.3) is 5.91 Å². The van der Waals surface area contributed by atoms with Crippen molar-refractivity contribution in [3.63, 3.8) is 0 Å². The summed E-state index contributed by atoms with van der Waals surface area (Å²) < 4.78 is 10.2. The lowest BCUT2D eigenvalue weighted by atomic mass is 9.99. The lowest BCUT2D eigenvalue weighted by Crippen LogP contribution is -2.44. The first-order chi connectivity index (χ1) is 9.65. The quantitative estimate of drug-likeness (QED) is 0.794. The highest BCUT2D eigenvalue weighted by atomic mass is 16.5. The number of likely N-dealkylation sites (tertiary alicyclic amines) is 1. The first-order valence-electron chi connectivity index (χ1n) is 7.12. The monoisotopic (exact) mass is 279 g/mol. The second-order valence-electron chi connectivity index (χ2n) is 5.05. The van der Waals surface area contributed by atoms with Crippen molar-refractivity contribution in [2.24, 2.45) is 0 Å². The van der Waals surface area contributed by atoms with Crippen molar-refractivity contribution in [2.75, 3.05) is 13.7 Å². The highest BCUT2D eigenvalue weighted by molar-refractivity contribution is 5.92. The zero-order chi connectivity index (χ0) is 14.5. The molecule has 0 spiro atoms. The van der Waals surface area contributed by atoms with Crippen LogP contribution in [-0.4, -0.2) is 36.5 Å². The summed E-state index contributed by atoms with van der Waals surface area (Å²) in [4.78, 5) is 25.7. The third kappa shape index (κ3) is 3.21. The van der Waals surface area contributed by atoms with Crippen LogP contribution in [0.4, 0.5) is 0 Å². The van der Waals surface area contributed by atoms with Crippen LogP contribution >= 0.6 is 0 Å². The van der Waals surface area contributed by atoms with Gasteiger partial charge in [0.15, 0.2) is 5.76 Å². The Morgan fingerprint density at radius 1 is 1.40 bits per heavy atom. The summed E-state index contributed by atoms with van der Waals surface area (Å²) in [7, 11) is 1.37. The molecular formula is C15H21NO4. The number of carbonyl (C=O) groups excluding carboxylic acids is 2. The summed E-state index contributed by atoms with van der Waals surface area (Å²) in [6.45, 7) is 2.65. The van der Waals surface area contributed by atoms with E-state index in [0.717, 1.165) is 31.4 Å². The molecule has 1 aromatic heterocycles. The van der Waals surface area contributed by atoms with Crippen molar-refractivity contribution < 1.29 is 18.7 Å². The molecule has 0 aliphatic carbocycles. The molecule has 2 rings (SSSR count). The summed E-state index contributed by atoms with van der Waals surface area (Å²) in [6, 6.07) is 3.45. The Morgan fingerprint density at radius 3 is 2.85 bits per heavy atom. The Kier molecular flexibility index (Phi) is 4.82. The molecule has 0 N–H and O–H groups in total. The standard InChI is InChI=1S/C15H21NO4/c1-3-12-7-8-13(20-12)15(18)16-9-5-4-6-11(16)10-14(17)19-2/h7-8,11H,3-6,9-10H2,1-2H3. The van der Waals surface area contributed by atoms with Crippen LogP contribution in [0.3, 0.4) is 0 Å². The molecule has 0 radical (unpaired) electrons. The number of nitrogens with zero attached hydrogens (tertiary/aromatic N) is 1. The Labute approximate surface area is 118 Å². The highest BCUT2D eigenvalue weighted by Gasteiger charge is 2.30. The van der Waals surface area contributed by atoms with Gasteiger partial charge in [0.05, 0.1) is 13.5 Å². The van der Waals surface area contributed by atoms with E-state index < -0.39 is 0 Å². The van der Waals surface area contributed by atoms with E-state index in [0.29, 0.717) is 12.3 Å². The maximum Gasteiger partial charge on any atom is 0.307 e. The molecule has 5 heteroatoms. The summed E-state index contributed by atoms with van der Waals surface area (Å²) in [5.74, 6) is 0.759. The van der Waals surface area contributed by atoms with Gasteiger partial charge in [-0.05, 0) is 31.4 Å². The number of ether oxygens (including phenoxy) is 1. The Morgan fingerprint density at radius 2 is 2.20 bits per heavy atom. The van der Waals surface area contributed by atoms with E-state index in [1.807, 2.05) is 13.0 Å². The van der Waals surface area contributed by atoms with Crippen LogP contribution in [0, 0.1) is 0 Å². The van der Waals surface area contributed by atoms with E-state index in [4.69, 9.17) is 9.15 Å². The Bertz CT molecular complexity index is 480. The van der Waals surface area contributed by atoms with Gasteiger partial charge in [-0.3, -0.25) is 9.59 Å². The van der Waals surface area contributed by atoms with Gasteiger partial charge in [-0.1, -0.05) is 6.92 Å². The maximum atomic E-state index is 12.5. The fourth-order valence-corrected chi connectivity index (χ4v) is 2.58. The SMILES string of the molecule is CCc1ccc(C(=O)N2CCCCC2CC(=O)OC)o1. The van der Waals surface area contributed by atoms with Crippen molar-refractivity contribution in [3.8, 4) is 0 Å². The van der Waals surface area contributed by atoms with E-state index >= 15 is 0 Å². The predicted octanol–water partition coefficient (Wildman–Crippen LogP) is 2.40. The smallest absolute Gasteiger partial charge is 0.307 e. The van der Waals surface area contributed by atoms with E-state index in [9.17, 15) is 9.59 Å². The molecule has 0 saturated carbocycles. The third-order valence-electron chi connectivity index (χ3n) is 3.74. The molecule has 1 aliphatic heterocycles. The first kappa shape index (κ1) is 14.6. The Hall–Kier alpha value is -1.78. The molecule has 1 amide bonds. The molecule has 0 bridgehead atoms. The molecule has 0 aromatic carbocycles. The second kappa shape index (κ2) is 6.59. The van der Waals surface area contributed by atoms with Crippen LogP contribution in [0.25, 0.3) is 0 Å². The van der Waals surface area contributed by atoms with Gasteiger partial charge in [0, 0.05) is 19.0 Å². The number of carbonyl (C=O) groups is 2. The van der Waals surface area contributed by atoms with Crippen LogP contribution in [0.15, 0.2) is 16.5 Å². The van der Waals surface area contributed by atoms with Crippen LogP contribution in [0.1, 0.15) is 48.9 Å². The van der Waals surface area contributed by atoms with Crippen LogP contribution < -0.4 is 0 Å². The van der Waals surface area contributed by atoms with Gasteiger partial charge in [0.1, 0.15) is 5.76 Å². The predicted molar refractivity (Wildman–Crippen MR) is 73.4 cm³/mol. The molecule has 2 heterocycles. The van der Waals surface area contributed by atoms with Gasteiger partial charge in [0.2, 0.25) is 0 Å². The normalized spacial score (nSPS) is 18.9. The minimum absolute atomic E-state index is 0.0844. The van der Waals surface area contributed by atoms with Gasteiger partial charge >= 0.3 is 5.97 Å². The van der Waals surface area contributed by atoms with E-state index in [1.165, 1.54) is 7.11 Å². The number of methoxy groups -OCH3 is 1. The number of amides is 1. The fourth-order valence-electron chi connectivity index (χ4n) is 2.58. The fraction of sp³-hybridized carbons (Fsp3) is 0.600. The highest BCUT2D eigenvalue weighted by Crippen LogP contribution is 2.23. The van der Waals surface area contributed by atoms with E-state index in [2.05, 4.69) is 0 Å². The van der Waals surface area contributed by atoms with Gasteiger partial charge < -0.3 is 14.1 Å².